The van der Waals surface area contributed by atoms with Gasteiger partial charge in [0.15, 0.2) is 0 Å². The smallest absolute Gasteiger partial charge is 0.326 e. The molecule has 0 aliphatic heterocycles. The first-order valence-electron chi connectivity index (χ1n) is 4.69. The number of alkyl halides is 1. The lowest BCUT2D eigenvalue weighted by Crippen LogP contribution is -2.56. The van der Waals surface area contributed by atoms with Gasteiger partial charge in [0.2, 0.25) is 0 Å². The minimum atomic E-state index is -1.64. The van der Waals surface area contributed by atoms with E-state index in [9.17, 15) is 9.18 Å². The lowest BCUT2D eigenvalue weighted by atomic mass is 9.76. The van der Waals surface area contributed by atoms with Crippen LogP contribution >= 0.6 is 0 Å². The molecule has 3 nitrogen and oxygen atoms in total. The van der Waals surface area contributed by atoms with Crippen LogP contribution in [0.1, 0.15) is 32.1 Å². The first-order valence-corrected chi connectivity index (χ1v) is 4.69. The summed E-state index contributed by atoms with van der Waals surface area (Å²) in [6.07, 6.45) is 4.53. The van der Waals surface area contributed by atoms with Gasteiger partial charge in [0.05, 0.1) is 0 Å². The highest BCUT2D eigenvalue weighted by Gasteiger charge is 2.42. The zero-order valence-corrected chi connectivity index (χ0v) is 7.63. The van der Waals surface area contributed by atoms with E-state index in [4.69, 9.17) is 10.8 Å². The Hall–Kier alpha value is -0.640. The molecule has 13 heavy (non-hydrogen) atoms. The molecule has 0 saturated heterocycles. The SMILES string of the molecule is NC(CF)(C(=O)O)C1CCCCC1. The van der Waals surface area contributed by atoms with Gasteiger partial charge >= 0.3 is 5.97 Å². The highest BCUT2D eigenvalue weighted by atomic mass is 19.1. The standard InChI is InChI=1S/C9H16FNO2/c10-6-9(11,8(12)13)7-4-2-1-3-5-7/h7H,1-6,11H2,(H,12,13). The van der Waals surface area contributed by atoms with Gasteiger partial charge < -0.3 is 10.8 Å². The fraction of sp³-hybridized carbons (Fsp3) is 0.889. The molecule has 3 N–H and O–H groups in total. The number of nitrogens with two attached hydrogens (primary N) is 1. The van der Waals surface area contributed by atoms with E-state index in [-0.39, 0.29) is 5.92 Å². The second kappa shape index (κ2) is 4.05. The fourth-order valence-electron chi connectivity index (χ4n) is 1.96. The molecule has 0 bridgehead atoms. The fourth-order valence-corrected chi connectivity index (χ4v) is 1.96. The molecular weight excluding hydrogens is 173 g/mol. The van der Waals surface area contributed by atoms with E-state index in [0.717, 1.165) is 32.1 Å². The minimum absolute atomic E-state index is 0.191. The van der Waals surface area contributed by atoms with Gasteiger partial charge in [0, 0.05) is 0 Å². The first kappa shape index (κ1) is 10.4. The predicted molar refractivity (Wildman–Crippen MR) is 47.1 cm³/mol. The Morgan fingerprint density at radius 3 is 2.38 bits per heavy atom. The molecule has 1 aliphatic carbocycles. The van der Waals surface area contributed by atoms with Crippen LogP contribution in [0.15, 0.2) is 0 Å². The van der Waals surface area contributed by atoms with Crippen LogP contribution < -0.4 is 5.73 Å². The van der Waals surface area contributed by atoms with Gasteiger partial charge in [-0.15, -0.1) is 0 Å². The van der Waals surface area contributed by atoms with E-state index in [1.807, 2.05) is 0 Å². The van der Waals surface area contributed by atoms with Crippen LogP contribution in [0.5, 0.6) is 0 Å². The van der Waals surface area contributed by atoms with Crippen molar-refractivity contribution in [2.45, 2.75) is 37.6 Å². The van der Waals surface area contributed by atoms with Crippen LogP contribution in [-0.2, 0) is 4.79 Å². The second-order valence-corrected chi connectivity index (χ2v) is 3.81. The third-order valence-corrected chi connectivity index (χ3v) is 2.95. The topological polar surface area (TPSA) is 63.3 Å². The van der Waals surface area contributed by atoms with Crippen molar-refractivity contribution in [2.75, 3.05) is 6.67 Å². The van der Waals surface area contributed by atoms with Crippen molar-refractivity contribution in [3.8, 4) is 0 Å². The molecule has 4 heteroatoms. The van der Waals surface area contributed by atoms with Gasteiger partial charge in [-0.05, 0) is 18.8 Å². The Balaban J connectivity index is 2.68. The Kier molecular flexibility index (Phi) is 3.25. The summed E-state index contributed by atoms with van der Waals surface area (Å²) in [5, 5.41) is 8.82. The van der Waals surface area contributed by atoms with Crippen molar-refractivity contribution in [1.82, 2.24) is 0 Å². The Bertz CT molecular complexity index is 192. The Morgan fingerprint density at radius 2 is 2.00 bits per heavy atom. The second-order valence-electron chi connectivity index (χ2n) is 3.81. The number of halogens is 1. The first-order chi connectivity index (χ1) is 6.11. The normalized spacial score (nSPS) is 23.8. The summed E-state index contributed by atoms with van der Waals surface area (Å²) in [5.74, 6) is -1.40. The van der Waals surface area contributed by atoms with E-state index in [1.165, 1.54) is 0 Å². The maximum absolute atomic E-state index is 12.6. The van der Waals surface area contributed by atoms with Gasteiger partial charge in [-0.25, -0.2) is 4.39 Å². The number of aliphatic carboxylic acids is 1. The average Bonchev–Trinajstić information content (AvgIpc) is 2.17. The molecule has 0 aromatic rings. The summed E-state index contributed by atoms with van der Waals surface area (Å²) in [5.41, 5.74) is 3.90. The van der Waals surface area contributed by atoms with E-state index in [0.29, 0.717) is 0 Å². The minimum Gasteiger partial charge on any atom is -0.480 e. The van der Waals surface area contributed by atoms with E-state index < -0.39 is 18.2 Å². The van der Waals surface area contributed by atoms with Crippen molar-refractivity contribution >= 4 is 5.97 Å². The molecule has 0 aromatic carbocycles. The molecular formula is C9H16FNO2. The number of carboxylic acid groups (broad SMARTS) is 1. The molecule has 1 rings (SSSR count). The molecule has 1 unspecified atom stereocenters. The van der Waals surface area contributed by atoms with Crippen molar-refractivity contribution in [3.63, 3.8) is 0 Å². The van der Waals surface area contributed by atoms with Gasteiger partial charge in [0.1, 0.15) is 12.2 Å². The summed E-state index contributed by atoms with van der Waals surface area (Å²) < 4.78 is 12.6. The molecule has 0 aromatic heterocycles. The average molecular weight is 189 g/mol. The van der Waals surface area contributed by atoms with Gasteiger partial charge in [-0.3, -0.25) is 4.79 Å². The zero-order chi connectivity index (χ0) is 9.90. The molecule has 1 fully saturated rings. The third kappa shape index (κ3) is 1.99. The highest BCUT2D eigenvalue weighted by molar-refractivity contribution is 5.79. The maximum atomic E-state index is 12.6. The molecule has 0 amide bonds. The largest absolute Gasteiger partial charge is 0.480 e. The summed E-state index contributed by atoms with van der Waals surface area (Å²) in [7, 11) is 0. The van der Waals surface area contributed by atoms with Crippen molar-refractivity contribution < 1.29 is 14.3 Å². The molecule has 1 saturated carbocycles. The monoisotopic (exact) mass is 189 g/mol. The number of hydrogen-bond donors (Lipinski definition) is 2. The van der Waals surface area contributed by atoms with Gasteiger partial charge in [0.25, 0.3) is 0 Å². The van der Waals surface area contributed by atoms with Crippen LogP contribution in [-0.4, -0.2) is 23.3 Å². The summed E-state index contributed by atoms with van der Waals surface area (Å²) >= 11 is 0. The van der Waals surface area contributed by atoms with Gasteiger partial charge in [-0.2, -0.15) is 0 Å². The van der Waals surface area contributed by atoms with Crippen molar-refractivity contribution in [2.24, 2.45) is 11.7 Å². The number of hydrogen-bond acceptors (Lipinski definition) is 2. The predicted octanol–water partition coefficient (Wildman–Crippen LogP) is 1.32. The molecule has 1 atom stereocenters. The van der Waals surface area contributed by atoms with E-state index in [1.54, 1.807) is 0 Å². The number of carbonyl (C=O) groups is 1. The molecule has 0 spiro atoms. The lowest BCUT2D eigenvalue weighted by molar-refractivity contribution is -0.147. The maximum Gasteiger partial charge on any atom is 0.326 e. The quantitative estimate of drug-likeness (QED) is 0.703. The summed E-state index contributed by atoms with van der Waals surface area (Å²) in [6.45, 7) is -0.965. The summed E-state index contributed by atoms with van der Waals surface area (Å²) in [4.78, 5) is 10.8. The van der Waals surface area contributed by atoms with Crippen LogP contribution in [0.2, 0.25) is 0 Å². The highest BCUT2D eigenvalue weighted by Crippen LogP contribution is 2.31. The van der Waals surface area contributed by atoms with Crippen LogP contribution in [0.25, 0.3) is 0 Å². The Labute approximate surface area is 77.1 Å². The van der Waals surface area contributed by atoms with Crippen molar-refractivity contribution in [3.05, 3.63) is 0 Å². The molecule has 76 valence electrons. The van der Waals surface area contributed by atoms with Crippen LogP contribution in [0.3, 0.4) is 0 Å². The number of rotatable bonds is 3. The van der Waals surface area contributed by atoms with Crippen LogP contribution in [0.4, 0.5) is 4.39 Å². The van der Waals surface area contributed by atoms with E-state index >= 15 is 0 Å². The number of carboxylic acids is 1. The lowest BCUT2D eigenvalue weighted by Gasteiger charge is -2.33. The molecule has 1 aliphatic rings. The van der Waals surface area contributed by atoms with Crippen molar-refractivity contribution in [1.29, 1.82) is 0 Å². The molecule has 0 heterocycles. The zero-order valence-electron chi connectivity index (χ0n) is 7.63. The van der Waals surface area contributed by atoms with Crippen LogP contribution in [0, 0.1) is 5.92 Å². The molecule has 0 radical (unpaired) electrons. The van der Waals surface area contributed by atoms with E-state index in [2.05, 4.69) is 0 Å². The summed E-state index contributed by atoms with van der Waals surface area (Å²) in [6, 6.07) is 0. The van der Waals surface area contributed by atoms with Gasteiger partial charge in [-0.1, -0.05) is 19.3 Å². The third-order valence-electron chi connectivity index (χ3n) is 2.95. The Morgan fingerprint density at radius 1 is 1.46 bits per heavy atom.